The molecule has 0 spiro atoms. The van der Waals surface area contributed by atoms with E-state index in [1.54, 1.807) is 54.3 Å². The number of amides is 4. The van der Waals surface area contributed by atoms with Crippen molar-refractivity contribution in [3.05, 3.63) is 53.6 Å². The Hall–Kier alpha value is -3.72. The summed E-state index contributed by atoms with van der Waals surface area (Å²) in [5.41, 5.74) is 1.66. The van der Waals surface area contributed by atoms with E-state index in [-0.39, 0.29) is 5.91 Å². The fourth-order valence-corrected chi connectivity index (χ4v) is 4.87. The van der Waals surface area contributed by atoms with Gasteiger partial charge in [-0.2, -0.15) is 0 Å². The monoisotopic (exact) mass is 476 g/mol. The molecule has 2 aromatic rings. The second-order valence-corrected chi connectivity index (χ2v) is 9.12. The van der Waals surface area contributed by atoms with E-state index in [0.29, 0.717) is 34.8 Å². The van der Waals surface area contributed by atoms with Crippen molar-refractivity contribution in [1.29, 1.82) is 0 Å². The van der Waals surface area contributed by atoms with E-state index in [4.69, 9.17) is 4.74 Å². The predicted octanol–water partition coefficient (Wildman–Crippen LogP) is 2.52. The first-order valence-corrected chi connectivity index (χ1v) is 12.0. The minimum absolute atomic E-state index is 0.121. The van der Waals surface area contributed by atoms with Crippen LogP contribution in [0.15, 0.2) is 42.5 Å². The average Bonchev–Trinajstić information content (AvgIpc) is 3.10. The number of rotatable bonds is 6. The molecule has 1 saturated heterocycles. The number of nitrogens with zero attached hydrogens (tertiary/aromatic N) is 3. The predicted molar refractivity (Wildman–Crippen MR) is 130 cm³/mol. The van der Waals surface area contributed by atoms with Gasteiger partial charge < -0.3 is 19.9 Å². The number of piperidine rings is 1. The molecule has 1 atom stereocenters. The van der Waals surface area contributed by atoms with Gasteiger partial charge >= 0.3 is 0 Å². The smallest absolute Gasteiger partial charge is 0.267 e. The SMILES string of the molecule is CC1Oc2ccc(NC(=O)CN3C(=O)c4ccccc4C3=O)cc2N(CCN2CCCCC2)C1=O. The van der Waals surface area contributed by atoms with E-state index in [1.165, 1.54) is 19.3 Å². The van der Waals surface area contributed by atoms with Crippen molar-refractivity contribution in [2.45, 2.75) is 32.3 Å². The maximum Gasteiger partial charge on any atom is 0.267 e. The molecule has 0 radical (unpaired) electrons. The highest BCUT2D eigenvalue weighted by atomic mass is 16.5. The molecule has 1 N–H and O–H groups in total. The number of benzene rings is 2. The van der Waals surface area contributed by atoms with Crippen LogP contribution in [0.4, 0.5) is 11.4 Å². The largest absolute Gasteiger partial charge is 0.479 e. The average molecular weight is 477 g/mol. The molecule has 9 nitrogen and oxygen atoms in total. The second kappa shape index (κ2) is 9.50. The van der Waals surface area contributed by atoms with Gasteiger partial charge in [0.2, 0.25) is 5.91 Å². The summed E-state index contributed by atoms with van der Waals surface area (Å²) in [7, 11) is 0. The van der Waals surface area contributed by atoms with E-state index in [9.17, 15) is 19.2 Å². The number of nitrogens with one attached hydrogen (secondary N) is 1. The third-order valence-corrected chi connectivity index (χ3v) is 6.72. The number of carbonyl (C=O) groups excluding carboxylic acids is 4. The zero-order valence-electron chi connectivity index (χ0n) is 19.7. The minimum atomic E-state index is -0.585. The van der Waals surface area contributed by atoms with Crippen LogP contribution in [-0.2, 0) is 9.59 Å². The number of likely N-dealkylation sites (tertiary alicyclic amines) is 1. The van der Waals surface area contributed by atoms with Crippen molar-refractivity contribution >= 4 is 35.0 Å². The molecule has 9 heteroatoms. The normalized spacial score (nSPS) is 19.9. The molecule has 182 valence electrons. The third-order valence-electron chi connectivity index (χ3n) is 6.72. The molecule has 35 heavy (non-hydrogen) atoms. The standard InChI is InChI=1S/C26H28N4O5/c1-17-24(32)29(14-13-28-11-5-2-6-12-28)21-15-18(9-10-22(21)35-17)27-23(31)16-30-25(33)19-7-3-4-8-20(19)26(30)34/h3-4,7-10,15,17H,2,5-6,11-14,16H2,1H3,(H,27,31). The Bertz CT molecular complexity index is 1160. The van der Waals surface area contributed by atoms with Crippen LogP contribution in [0.1, 0.15) is 46.9 Å². The fraction of sp³-hybridized carbons (Fsp3) is 0.385. The summed E-state index contributed by atoms with van der Waals surface area (Å²) in [6, 6.07) is 11.6. The van der Waals surface area contributed by atoms with Crippen LogP contribution in [-0.4, -0.2) is 72.3 Å². The first kappa shape index (κ1) is 23.0. The summed E-state index contributed by atoms with van der Waals surface area (Å²) in [5.74, 6) is -1.01. The Morgan fingerprint density at radius 2 is 1.63 bits per heavy atom. The van der Waals surface area contributed by atoms with Crippen molar-refractivity contribution in [1.82, 2.24) is 9.80 Å². The van der Waals surface area contributed by atoms with Crippen LogP contribution in [0.5, 0.6) is 5.75 Å². The molecule has 0 bridgehead atoms. The van der Waals surface area contributed by atoms with Crippen LogP contribution in [0, 0.1) is 0 Å². The Kier molecular flexibility index (Phi) is 6.25. The maximum absolute atomic E-state index is 12.9. The number of hydrogen-bond donors (Lipinski definition) is 1. The van der Waals surface area contributed by atoms with Gasteiger partial charge in [-0.1, -0.05) is 18.6 Å². The summed E-state index contributed by atoms with van der Waals surface area (Å²) in [6.45, 7) is 4.72. The highest BCUT2D eigenvalue weighted by Gasteiger charge is 2.36. The van der Waals surface area contributed by atoms with Crippen LogP contribution in [0.2, 0.25) is 0 Å². The van der Waals surface area contributed by atoms with Gasteiger partial charge in [0.05, 0.1) is 16.8 Å². The number of fused-ring (bicyclic) bond motifs is 2. The molecule has 3 aliphatic heterocycles. The van der Waals surface area contributed by atoms with Gasteiger partial charge in [0.1, 0.15) is 12.3 Å². The Labute approximate surface area is 203 Å². The fourth-order valence-electron chi connectivity index (χ4n) is 4.87. The van der Waals surface area contributed by atoms with Gasteiger partial charge in [-0.05, 0) is 63.2 Å². The Balaban J connectivity index is 1.29. The topological polar surface area (TPSA) is 99.3 Å². The number of ether oxygens (including phenoxy) is 1. The molecule has 0 aromatic heterocycles. The molecular weight excluding hydrogens is 448 g/mol. The highest BCUT2D eigenvalue weighted by Crippen LogP contribution is 2.36. The summed E-state index contributed by atoms with van der Waals surface area (Å²) in [6.07, 6.45) is 3.01. The molecule has 3 heterocycles. The summed E-state index contributed by atoms with van der Waals surface area (Å²) < 4.78 is 5.78. The number of hydrogen-bond acceptors (Lipinski definition) is 6. The second-order valence-electron chi connectivity index (χ2n) is 9.12. The van der Waals surface area contributed by atoms with Gasteiger partial charge in [0.25, 0.3) is 17.7 Å². The molecular formula is C26H28N4O5. The van der Waals surface area contributed by atoms with E-state index in [2.05, 4.69) is 10.2 Å². The summed E-state index contributed by atoms with van der Waals surface area (Å²) >= 11 is 0. The van der Waals surface area contributed by atoms with Crippen molar-refractivity contribution in [3.8, 4) is 5.75 Å². The quantitative estimate of drug-likeness (QED) is 0.644. The maximum atomic E-state index is 12.9. The van der Waals surface area contributed by atoms with Gasteiger partial charge in [0.15, 0.2) is 6.10 Å². The minimum Gasteiger partial charge on any atom is -0.479 e. The first-order valence-electron chi connectivity index (χ1n) is 12.0. The molecule has 4 amide bonds. The number of anilines is 2. The van der Waals surface area contributed by atoms with Crippen LogP contribution < -0.4 is 15.0 Å². The van der Waals surface area contributed by atoms with Gasteiger partial charge in [-0.25, -0.2) is 0 Å². The molecule has 5 rings (SSSR count). The van der Waals surface area contributed by atoms with Crippen molar-refractivity contribution < 1.29 is 23.9 Å². The van der Waals surface area contributed by atoms with Crippen molar-refractivity contribution in [2.24, 2.45) is 0 Å². The van der Waals surface area contributed by atoms with Crippen LogP contribution in [0.25, 0.3) is 0 Å². The lowest BCUT2D eigenvalue weighted by atomic mass is 10.1. The van der Waals surface area contributed by atoms with E-state index in [0.717, 1.165) is 24.5 Å². The van der Waals surface area contributed by atoms with Crippen molar-refractivity contribution in [3.63, 3.8) is 0 Å². The Morgan fingerprint density at radius 3 is 2.31 bits per heavy atom. The van der Waals surface area contributed by atoms with Crippen molar-refractivity contribution in [2.75, 3.05) is 42.9 Å². The first-order chi connectivity index (χ1) is 16.9. The zero-order valence-corrected chi connectivity index (χ0v) is 19.7. The summed E-state index contributed by atoms with van der Waals surface area (Å²) in [5, 5.41) is 2.75. The molecule has 1 unspecified atom stereocenters. The lowest BCUT2D eigenvalue weighted by Crippen LogP contribution is -2.48. The van der Waals surface area contributed by atoms with E-state index in [1.807, 2.05) is 0 Å². The number of imide groups is 1. The summed E-state index contributed by atoms with van der Waals surface area (Å²) in [4.78, 5) is 55.8. The molecule has 3 aliphatic rings. The van der Waals surface area contributed by atoms with Gasteiger partial charge in [-0.15, -0.1) is 0 Å². The molecule has 2 aromatic carbocycles. The third kappa shape index (κ3) is 4.51. The number of carbonyl (C=O) groups is 4. The lowest BCUT2D eigenvalue weighted by Gasteiger charge is -2.35. The lowest BCUT2D eigenvalue weighted by molar-refractivity contribution is -0.125. The molecule has 0 aliphatic carbocycles. The van der Waals surface area contributed by atoms with E-state index >= 15 is 0 Å². The molecule has 1 fully saturated rings. The zero-order chi connectivity index (χ0) is 24.5. The Morgan fingerprint density at radius 1 is 0.943 bits per heavy atom. The van der Waals surface area contributed by atoms with Gasteiger partial charge in [-0.3, -0.25) is 24.1 Å². The van der Waals surface area contributed by atoms with Crippen LogP contribution >= 0.6 is 0 Å². The van der Waals surface area contributed by atoms with Crippen LogP contribution in [0.3, 0.4) is 0 Å². The highest BCUT2D eigenvalue weighted by molar-refractivity contribution is 6.22. The van der Waals surface area contributed by atoms with Gasteiger partial charge in [0, 0.05) is 18.8 Å². The molecule has 0 saturated carbocycles. The van der Waals surface area contributed by atoms with E-state index < -0.39 is 30.4 Å².